The van der Waals surface area contributed by atoms with Crippen LogP contribution in [-0.2, 0) is 6.42 Å². The third-order valence-electron chi connectivity index (χ3n) is 4.69. The number of benzene rings is 1. The SMILES string of the molecule is O=C(NCCc1sc(NC2CCCCCC2)nc1O)c1c(F)cccc1F. The fraction of sp³-hybridized carbons (Fsp3) is 0.474. The molecule has 1 aliphatic rings. The minimum absolute atomic E-state index is 0.0672. The van der Waals surface area contributed by atoms with Crippen LogP contribution in [0, 0.1) is 11.6 Å². The third kappa shape index (κ3) is 5.15. The summed E-state index contributed by atoms with van der Waals surface area (Å²) < 4.78 is 27.2. The number of carbonyl (C=O) groups excluding carboxylic acids is 1. The Labute approximate surface area is 160 Å². The molecule has 1 saturated carbocycles. The van der Waals surface area contributed by atoms with Gasteiger partial charge in [-0.25, -0.2) is 8.78 Å². The van der Waals surface area contributed by atoms with E-state index in [1.165, 1.54) is 43.1 Å². The van der Waals surface area contributed by atoms with E-state index in [4.69, 9.17) is 0 Å². The molecule has 0 unspecified atom stereocenters. The van der Waals surface area contributed by atoms with Gasteiger partial charge in [-0.2, -0.15) is 4.98 Å². The number of hydrogen-bond donors (Lipinski definition) is 3. The predicted molar refractivity (Wildman–Crippen MR) is 101 cm³/mol. The lowest BCUT2D eigenvalue weighted by Crippen LogP contribution is -2.27. The predicted octanol–water partition coefficient (Wildman–Crippen LogP) is 4.23. The van der Waals surface area contributed by atoms with Gasteiger partial charge in [-0.3, -0.25) is 4.79 Å². The zero-order valence-corrected chi connectivity index (χ0v) is 15.7. The Bertz CT molecular complexity index is 769. The average Bonchev–Trinajstić information content (AvgIpc) is 2.81. The second-order valence-corrected chi connectivity index (χ2v) is 7.78. The average molecular weight is 395 g/mol. The standard InChI is InChI=1S/C19H23F2N3O2S/c20-13-8-5-9-14(21)16(13)18(26)22-11-10-15-17(25)24-19(27-15)23-12-6-3-1-2-4-7-12/h5,8-9,12,25H,1-4,6-7,10-11H2,(H,22,26)(H,23,24). The number of amides is 1. The lowest BCUT2D eigenvalue weighted by molar-refractivity contribution is 0.0945. The van der Waals surface area contributed by atoms with Crippen molar-refractivity contribution in [2.45, 2.75) is 51.0 Å². The Morgan fingerprint density at radius 1 is 1.19 bits per heavy atom. The highest BCUT2D eigenvalue weighted by molar-refractivity contribution is 7.15. The maximum Gasteiger partial charge on any atom is 0.257 e. The number of hydrogen-bond acceptors (Lipinski definition) is 5. The van der Waals surface area contributed by atoms with Crippen LogP contribution < -0.4 is 10.6 Å². The molecule has 1 aromatic heterocycles. The molecular formula is C19H23F2N3O2S. The topological polar surface area (TPSA) is 74.2 Å². The number of nitrogens with one attached hydrogen (secondary N) is 2. The summed E-state index contributed by atoms with van der Waals surface area (Å²) in [6.07, 6.45) is 7.43. The minimum atomic E-state index is -0.900. The van der Waals surface area contributed by atoms with Gasteiger partial charge < -0.3 is 15.7 Å². The molecule has 27 heavy (non-hydrogen) atoms. The molecule has 0 spiro atoms. The fourth-order valence-corrected chi connectivity index (χ4v) is 4.19. The maximum atomic E-state index is 13.6. The van der Waals surface area contributed by atoms with Gasteiger partial charge in [0.2, 0.25) is 5.88 Å². The summed E-state index contributed by atoms with van der Waals surface area (Å²) in [6.45, 7) is 0.144. The second-order valence-electron chi connectivity index (χ2n) is 6.70. The molecule has 0 saturated heterocycles. The Balaban J connectivity index is 1.54. The molecule has 5 nitrogen and oxygen atoms in total. The minimum Gasteiger partial charge on any atom is -0.492 e. The molecule has 146 valence electrons. The van der Waals surface area contributed by atoms with Crippen LogP contribution >= 0.6 is 11.3 Å². The van der Waals surface area contributed by atoms with E-state index < -0.39 is 23.1 Å². The maximum absolute atomic E-state index is 13.6. The van der Waals surface area contributed by atoms with Crippen molar-refractivity contribution in [1.29, 1.82) is 0 Å². The Morgan fingerprint density at radius 3 is 2.52 bits per heavy atom. The van der Waals surface area contributed by atoms with Gasteiger partial charge in [-0.1, -0.05) is 43.1 Å². The number of carbonyl (C=O) groups is 1. The molecule has 2 aromatic rings. The summed E-state index contributed by atoms with van der Waals surface area (Å²) >= 11 is 1.34. The van der Waals surface area contributed by atoms with E-state index in [2.05, 4.69) is 15.6 Å². The molecule has 1 aromatic carbocycles. The van der Waals surface area contributed by atoms with Gasteiger partial charge in [0.25, 0.3) is 5.91 Å². The summed E-state index contributed by atoms with van der Waals surface area (Å²) in [6, 6.07) is 3.66. The van der Waals surface area contributed by atoms with Crippen molar-refractivity contribution in [2.24, 2.45) is 0 Å². The highest BCUT2D eigenvalue weighted by Gasteiger charge is 2.18. The molecule has 0 atom stereocenters. The van der Waals surface area contributed by atoms with Crippen LogP contribution in [0.2, 0.25) is 0 Å². The number of aromatic nitrogens is 1. The summed E-state index contributed by atoms with van der Waals surface area (Å²) in [7, 11) is 0. The molecule has 3 rings (SSSR count). The van der Waals surface area contributed by atoms with Gasteiger partial charge in [0.15, 0.2) is 5.13 Å². The van der Waals surface area contributed by atoms with Crippen LogP contribution in [0.25, 0.3) is 0 Å². The van der Waals surface area contributed by atoms with Crippen molar-refractivity contribution >= 4 is 22.4 Å². The van der Waals surface area contributed by atoms with E-state index in [1.54, 1.807) is 0 Å². The van der Waals surface area contributed by atoms with Crippen molar-refractivity contribution in [3.05, 3.63) is 40.3 Å². The number of rotatable bonds is 6. The van der Waals surface area contributed by atoms with E-state index in [0.717, 1.165) is 25.0 Å². The highest BCUT2D eigenvalue weighted by atomic mass is 32.1. The van der Waals surface area contributed by atoms with Crippen LogP contribution in [-0.4, -0.2) is 28.6 Å². The first-order chi connectivity index (χ1) is 13.0. The lowest BCUT2D eigenvalue weighted by Gasteiger charge is -2.14. The van der Waals surface area contributed by atoms with Gasteiger partial charge in [-0.15, -0.1) is 0 Å². The zero-order chi connectivity index (χ0) is 19.2. The Morgan fingerprint density at radius 2 is 1.85 bits per heavy atom. The number of halogens is 2. The van der Waals surface area contributed by atoms with Crippen molar-refractivity contribution in [3.63, 3.8) is 0 Å². The Kier molecular flexibility index (Phi) is 6.60. The quantitative estimate of drug-likeness (QED) is 0.640. The first kappa shape index (κ1) is 19.5. The molecule has 1 fully saturated rings. The van der Waals surface area contributed by atoms with Gasteiger partial charge in [0.05, 0.1) is 4.88 Å². The molecule has 1 aliphatic carbocycles. The number of aromatic hydroxyl groups is 1. The molecule has 1 amide bonds. The van der Waals surface area contributed by atoms with Crippen molar-refractivity contribution in [1.82, 2.24) is 10.3 Å². The van der Waals surface area contributed by atoms with Gasteiger partial charge >= 0.3 is 0 Å². The third-order valence-corrected chi connectivity index (χ3v) is 5.72. The molecule has 0 aliphatic heterocycles. The van der Waals surface area contributed by atoms with Gasteiger partial charge in [0, 0.05) is 19.0 Å². The molecule has 3 N–H and O–H groups in total. The summed E-state index contributed by atoms with van der Waals surface area (Å²) in [4.78, 5) is 16.8. The lowest BCUT2D eigenvalue weighted by atomic mass is 10.1. The highest BCUT2D eigenvalue weighted by Crippen LogP contribution is 2.30. The van der Waals surface area contributed by atoms with E-state index in [-0.39, 0.29) is 12.4 Å². The first-order valence-corrected chi connectivity index (χ1v) is 10.0. The summed E-state index contributed by atoms with van der Waals surface area (Å²) in [5.74, 6) is -2.68. The van der Waals surface area contributed by atoms with E-state index in [0.29, 0.717) is 22.5 Å². The van der Waals surface area contributed by atoms with Crippen LogP contribution in [0.4, 0.5) is 13.9 Å². The fourth-order valence-electron chi connectivity index (χ4n) is 3.26. The van der Waals surface area contributed by atoms with Crippen LogP contribution in [0.5, 0.6) is 5.88 Å². The van der Waals surface area contributed by atoms with Crippen LogP contribution in [0.1, 0.15) is 53.8 Å². The molecule has 0 bridgehead atoms. The van der Waals surface area contributed by atoms with Crippen molar-refractivity contribution in [2.75, 3.05) is 11.9 Å². The van der Waals surface area contributed by atoms with Crippen molar-refractivity contribution < 1.29 is 18.7 Å². The Hall–Kier alpha value is -2.22. The van der Waals surface area contributed by atoms with Crippen molar-refractivity contribution in [3.8, 4) is 5.88 Å². The monoisotopic (exact) mass is 395 g/mol. The normalized spacial score (nSPS) is 15.3. The molecule has 1 heterocycles. The van der Waals surface area contributed by atoms with Gasteiger partial charge in [-0.05, 0) is 25.0 Å². The number of anilines is 1. The number of nitrogens with zero attached hydrogens (tertiary/aromatic N) is 1. The molecular weight excluding hydrogens is 372 g/mol. The zero-order valence-electron chi connectivity index (χ0n) is 14.9. The molecule has 0 radical (unpaired) electrons. The largest absolute Gasteiger partial charge is 0.492 e. The second kappa shape index (κ2) is 9.12. The molecule has 8 heteroatoms. The number of thiazole rings is 1. The first-order valence-electron chi connectivity index (χ1n) is 9.22. The smallest absolute Gasteiger partial charge is 0.257 e. The van der Waals surface area contributed by atoms with Crippen LogP contribution in [0.15, 0.2) is 18.2 Å². The summed E-state index contributed by atoms with van der Waals surface area (Å²) in [5.41, 5.74) is -0.596. The summed E-state index contributed by atoms with van der Waals surface area (Å²) in [5, 5.41) is 16.5. The van der Waals surface area contributed by atoms with E-state index >= 15 is 0 Å². The van der Waals surface area contributed by atoms with E-state index in [1.807, 2.05) is 0 Å². The van der Waals surface area contributed by atoms with Gasteiger partial charge in [0.1, 0.15) is 17.2 Å². The van der Waals surface area contributed by atoms with E-state index in [9.17, 15) is 18.7 Å². The van der Waals surface area contributed by atoms with Crippen LogP contribution in [0.3, 0.4) is 0 Å².